The Bertz CT molecular complexity index is 1330. The summed E-state index contributed by atoms with van der Waals surface area (Å²) in [5, 5.41) is 13.7. The number of aliphatic hydroxyl groups excluding tert-OH is 1. The number of benzene rings is 1. The zero-order chi connectivity index (χ0) is 34.5. The van der Waals surface area contributed by atoms with Crippen LogP contribution in [0.3, 0.4) is 0 Å². The highest BCUT2D eigenvalue weighted by atomic mass is 19.4. The number of ether oxygens (including phenoxy) is 4. The number of hydrogen-bond donors (Lipinski definition) is 2. The van der Waals surface area contributed by atoms with Crippen molar-refractivity contribution in [2.24, 2.45) is 5.41 Å². The van der Waals surface area contributed by atoms with Gasteiger partial charge >= 0.3 is 18.1 Å². The van der Waals surface area contributed by atoms with Gasteiger partial charge in [0.2, 0.25) is 5.91 Å². The molecule has 1 saturated carbocycles. The highest BCUT2D eigenvalue weighted by molar-refractivity contribution is 5.93. The zero-order valence-corrected chi connectivity index (χ0v) is 27.3. The van der Waals surface area contributed by atoms with Gasteiger partial charge < -0.3 is 29.4 Å². The van der Waals surface area contributed by atoms with Crippen LogP contribution in [0.5, 0.6) is 0 Å². The van der Waals surface area contributed by atoms with Gasteiger partial charge in [-0.2, -0.15) is 18.2 Å². The molecule has 4 fully saturated rings. The number of carbonyl (C=O) groups is 3. The van der Waals surface area contributed by atoms with Gasteiger partial charge in [0.1, 0.15) is 29.8 Å². The Hall–Kier alpha value is -3.04. The van der Waals surface area contributed by atoms with Crippen molar-refractivity contribution in [3.8, 4) is 0 Å². The Morgan fingerprint density at radius 2 is 1.81 bits per heavy atom. The average molecular weight is 683 g/mol. The van der Waals surface area contributed by atoms with E-state index in [-0.39, 0.29) is 26.1 Å². The predicted molar refractivity (Wildman–Crippen MR) is 164 cm³/mol. The van der Waals surface area contributed by atoms with E-state index in [4.69, 9.17) is 19.0 Å². The van der Waals surface area contributed by atoms with Gasteiger partial charge in [-0.3, -0.25) is 14.4 Å². The molecule has 266 valence electrons. The molecule has 14 heteroatoms. The van der Waals surface area contributed by atoms with Crippen molar-refractivity contribution in [3.05, 3.63) is 41.5 Å². The highest BCUT2D eigenvalue weighted by Gasteiger charge is 2.76. The Balaban J connectivity index is 1.42. The van der Waals surface area contributed by atoms with Crippen LogP contribution in [0.25, 0.3) is 6.08 Å². The number of fused-ring (bicyclic) bond motifs is 4. The van der Waals surface area contributed by atoms with Gasteiger partial charge in [-0.05, 0) is 30.0 Å². The lowest BCUT2D eigenvalue weighted by Gasteiger charge is -2.48. The molecule has 3 heterocycles. The minimum atomic E-state index is -4.63. The molecule has 0 spiro atoms. The minimum absolute atomic E-state index is 0.0110. The summed E-state index contributed by atoms with van der Waals surface area (Å²) in [6.45, 7) is 2.29. The van der Waals surface area contributed by atoms with Crippen molar-refractivity contribution in [1.29, 1.82) is 0 Å². The third-order valence-corrected chi connectivity index (χ3v) is 9.47. The van der Waals surface area contributed by atoms with Gasteiger partial charge in [-0.1, -0.05) is 63.8 Å². The maximum absolute atomic E-state index is 14.0. The quantitative estimate of drug-likeness (QED) is 0.147. The number of nitrogens with zero attached hydrogens (tertiary/aromatic N) is 1. The molecule has 3 saturated heterocycles. The maximum Gasteiger partial charge on any atom is 0.422 e. The topological polar surface area (TPSA) is 133 Å². The molecule has 3 aliphatic heterocycles. The molecule has 1 aromatic carbocycles. The Kier molecular flexibility index (Phi) is 11.5. The molecular formula is C34H45F3N2O9. The lowest BCUT2D eigenvalue weighted by molar-refractivity contribution is -0.224. The average Bonchev–Trinajstić information content (AvgIpc) is 3.60. The first-order chi connectivity index (χ1) is 22.9. The predicted octanol–water partition coefficient (Wildman–Crippen LogP) is 4.35. The molecular weight excluding hydrogens is 637 g/mol. The minimum Gasteiger partial charge on any atom is -0.458 e. The molecule has 4 aliphatic rings. The van der Waals surface area contributed by atoms with Crippen molar-refractivity contribution < 1.29 is 56.4 Å². The molecule has 1 aromatic rings. The van der Waals surface area contributed by atoms with Gasteiger partial charge in [-0.25, -0.2) is 4.79 Å². The van der Waals surface area contributed by atoms with Crippen molar-refractivity contribution >= 4 is 23.9 Å². The van der Waals surface area contributed by atoms with Crippen LogP contribution in [-0.4, -0.2) is 90.2 Å². The highest BCUT2D eigenvalue weighted by Crippen LogP contribution is 2.58. The second-order valence-corrected chi connectivity index (χ2v) is 13.0. The summed E-state index contributed by atoms with van der Waals surface area (Å²) in [6.07, 6.45) is 1.92. The molecule has 48 heavy (non-hydrogen) atoms. The third-order valence-electron chi connectivity index (χ3n) is 9.47. The molecule has 1 aliphatic carbocycles. The van der Waals surface area contributed by atoms with E-state index in [2.05, 4.69) is 23.9 Å². The van der Waals surface area contributed by atoms with E-state index >= 15 is 0 Å². The second kappa shape index (κ2) is 15.2. The smallest absolute Gasteiger partial charge is 0.422 e. The molecule has 2 N–H and O–H groups in total. The summed E-state index contributed by atoms with van der Waals surface area (Å²) in [6, 6.07) is 5.64. The van der Waals surface area contributed by atoms with Gasteiger partial charge in [-0.15, -0.1) is 0 Å². The number of hydroxylamine groups is 2. The van der Waals surface area contributed by atoms with Crippen LogP contribution in [0.2, 0.25) is 0 Å². The van der Waals surface area contributed by atoms with E-state index in [0.29, 0.717) is 24.0 Å². The number of alkyl halides is 3. The van der Waals surface area contributed by atoms with Gasteiger partial charge in [0.05, 0.1) is 13.2 Å². The number of rotatable bonds is 16. The Morgan fingerprint density at radius 3 is 2.48 bits per heavy atom. The van der Waals surface area contributed by atoms with Crippen LogP contribution < -0.4 is 5.32 Å². The van der Waals surface area contributed by atoms with Crippen LogP contribution in [0, 0.1) is 5.41 Å². The summed E-state index contributed by atoms with van der Waals surface area (Å²) in [7, 11) is 0. The van der Waals surface area contributed by atoms with E-state index in [1.807, 2.05) is 0 Å². The Labute approximate surface area is 278 Å². The molecule has 0 aromatic heterocycles. The number of carbonyl (C=O) groups excluding carboxylic acids is 3. The third kappa shape index (κ3) is 7.72. The zero-order valence-electron chi connectivity index (χ0n) is 27.3. The molecule has 11 nitrogen and oxygen atoms in total. The lowest BCUT2D eigenvalue weighted by atomic mass is 9.62. The summed E-state index contributed by atoms with van der Waals surface area (Å²) in [5.41, 5.74) is -0.261. The van der Waals surface area contributed by atoms with Crippen LogP contribution in [0.15, 0.2) is 30.3 Å². The SMILES string of the molecule is CCCCCC1(CCCCC)OC2C3CC4(C(=O)NCCO)C(ON(Cc5cccc(C=CC(=O)OCC(F)(F)F)c5)C4C(=O)O3)C2O1. The van der Waals surface area contributed by atoms with Crippen molar-refractivity contribution in [2.45, 2.75) is 121 Å². The van der Waals surface area contributed by atoms with E-state index in [1.165, 1.54) is 11.1 Å². The van der Waals surface area contributed by atoms with E-state index in [9.17, 15) is 32.7 Å². The number of hydrogen-bond acceptors (Lipinski definition) is 10. The fourth-order valence-corrected chi connectivity index (χ4v) is 7.37. The summed E-state index contributed by atoms with van der Waals surface area (Å²) in [5.74, 6) is -3.12. The van der Waals surface area contributed by atoms with Gasteiger partial charge in [0, 0.05) is 31.9 Å². The van der Waals surface area contributed by atoms with Crippen LogP contribution >= 0.6 is 0 Å². The lowest BCUT2D eigenvalue weighted by Crippen LogP contribution is -2.69. The van der Waals surface area contributed by atoms with Crippen LogP contribution in [0.4, 0.5) is 13.2 Å². The normalized spacial score (nSPS) is 29.1. The van der Waals surface area contributed by atoms with E-state index in [0.717, 1.165) is 44.6 Å². The van der Waals surface area contributed by atoms with E-state index in [1.54, 1.807) is 24.3 Å². The van der Waals surface area contributed by atoms with Crippen molar-refractivity contribution in [2.75, 3.05) is 19.8 Å². The number of esters is 2. The molecule has 1 amide bonds. The maximum atomic E-state index is 14.0. The number of amides is 1. The number of nitrogens with one attached hydrogen (secondary N) is 1. The largest absolute Gasteiger partial charge is 0.458 e. The summed E-state index contributed by atoms with van der Waals surface area (Å²) >= 11 is 0. The van der Waals surface area contributed by atoms with Crippen molar-refractivity contribution in [1.82, 2.24) is 10.4 Å². The number of aliphatic hydroxyl groups is 1. The monoisotopic (exact) mass is 682 g/mol. The number of halogens is 3. The first-order valence-electron chi connectivity index (χ1n) is 16.8. The van der Waals surface area contributed by atoms with Crippen molar-refractivity contribution in [3.63, 3.8) is 0 Å². The first-order valence-corrected chi connectivity index (χ1v) is 16.8. The molecule has 0 radical (unpaired) electrons. The first kappa shape index (κ1) is 36.2. The van der Waals surface area contributed by atoms with E-state index < -0.39 is 72.3 Å². The second-order valence-electron chi connectivity index (χ2n) is 13.0. The van der Waals surface area contributed by atoms with Gasteiger partial charge in [0.25, 0.3) is 0 Å². The Morgan fingerprint density at radius 1 is 1.10 bits per heavy atom. The fraction of sp³-hybridized carbons (Fsp3) is 0.676. The van der Waals surface area contributed by atoms with Gasteiger partial charge in [0.15, 0.2) is 18.4 Å². The molecule has 5 rings (SSSR count). The fourth-order valence-electron chi connectivity index (χ4n) is 7.37. The molecule has 2 bridgehead atoms. The number of unbranched alkanes of at least 4 members (excludes halogenated alkanes) is 4. The summed E-state index contributed by atoms with van der Waals surface area (Å²) in [4.78, 5) is 46.1. The summed E-state index contributed by atoms with van der Waals surface area (Å²) < 4.78 is 60.9. The molecule has 6 unspecified atom stereocenters. The van der Waals surface area contributed by atoms with Crippen LogP contribution in [-0.2, 0) is 44.7 Å². The molecule has 6 atom stereocenters. The standard InChI is InChI=1S/C34H45F3N2O9/c1-3-5-7-14-32(15-8-6-4-2)46-26-24-19-33(31(43)38-16-17-40)28(30(42)45-24)39(48-29(33)27(26)47-32)20-23-11-9-10-22(18-23)12-13-25(41)44-21-34(35,36)37/h9-13,18,24,26-29,40H,3-8,14-17,19-21H2,1-2H3,(H,38,43). The van der Waals surface area contributed by atoms with Crippen LogP contribution in [0.1, 0.15) is 82.8 Å².